The molecule has 0 saturated heterocycles. The normalized spacial score (nSPS) is 10.3. The maximum absolute atomic E-state index is 11.5. The Balaban J connectivity index is 2.22. The molecule has 0 aliphatic rings. The van der Waals surface area contributed by atoms with Crippen LogP contribution in [-0.2, 0) is 9.59 Å². The molecule has 116 valence electrons. The van der Waals surface area contributed by atoms with Gasteiger partial charge in [-0.05, 0) is 24.6 Å². The van der Waals surface area contributed by atoms with Gasteiger partial charge in [-0.3, -0.25) is 20.4 Å². The fraction of sp³-hybridized carbons (Fsp3) is 0.429. The molecular weight excluding hydrogens is 315 g/mol. The molecule has 0 unspecified atom stereocenters. The van der Waals surface area contributed by atoms with Gasteiger partial charge in [0, 0.05) is 17.4 Å². The van der Waals surface area contributed by atoms with Gasteiger partial charge in [0.25, 0.3) is 0 Å². The van der Waals surface area contributed by atoms with Crippen LogP contribution in [0.15, 0.2) is 18.2 Å². The molecule has 1 aromatic carbocycles. The van der Waals surface area contributed by atoms with Crippen molar-refractivity contribution in [1.29, 1.82) is 0 Å². The summed E-state index contributed by atoms with van der Waals surface area (Å²) in [7, 11) is 0. The van der Waals surface area contributed by atoms with Crippen LogP contribution in [0.4, 0.5) is 0 Å². The summed E-state index contributed by atoms with van der Waals surface area (Å²) < 4.78 is 5.45. The van der Waals surface area contributed by atoms with Crippen molar-refractivity contribution in [2.24, 2.45) is 5.92 Å². The van der Waals surface area contributed by atoms with E-state index < -0.39 is 0 Å². The number of hydrogen-bond acceptors (Lipinski definition) is 3. The average molecular weight is 333 g/mol. The second-order valence-electron chi connectivity index (χ2n) is 4.72. The molecule has 0 atom stereocenters. The van der Waals surface area contributed by atoms with E-state index in [1.54, 1.807) is 32.0 Å². The minimum Gasteiger partial charge on any atom is -0.492 e. The summed E-state index contributed by atoms with van der Waals surface area (Å²) in [5.41, 5.74) is 4.68. The molecule has 1 aromatic rings. The highest BCUT2D eigenvalue weighted by Crippen LogP contribution is 2.27. The van der Waals surface area contributed by atoms with Gasteiger partial charge in [-0.1, -0.05) is 37.0 Å². The molecule has 21 heavy (non-hydrogen) atoms. The summed E-state index contributed by atoms with van der Waals surface area (Å²) in [6.45, 7) is 3.82. The number of amides is 2. The highest BCUT2D eigenvalue weighted by Gasteiger charge is 2.08. The molecule has 0 spiro atoms. The second-order valence-corrected chi connectivity index (χ2v) is 5.56. The quantitative estimate of drug-likeness (QED) is 0.621. The number of hydrogen-bond donors (Lipinski definition) is 2. The molecule has 0 bridgehead atoms. The SMILES string of the molecule is CC(C)C(=O)NNC(=O)CCCOc1ccc(Cl)cc1Cl. The third-order valence-electron chi connectivity index (χ3n) is 2.55. The number of nitrogens with one attached hydrogen (secondary N) is 2. The first-order valence-corrected chi connectivity index (χ1v) is 7.32. The van der Waals surface area contributed by atoms with E-state index in [1.807, 2.05) is 0 Å². The molecule has 2 amide bonds. The number of carbonyl (C=O) groups is 2. The van der Waals surface area contributed by atoms with E-state index in [0.717, 1.165) is 0 Å². The predicted molar refractivity (Wildman–Crippen MR) is 82.3 cm³/mol. The lowest BCUT2D eigenvalue weighted by Crippen LogP contribution is -2.43. The van der Waals surface area contributed by atoms with Crippen LogP contribution in [0.1, 0.15) is 26.7 Å². The molecule has 2 N–H and O–H groups in total. The van der Waals surface area contributed by atoms with Gasteiger partial charge in [-0.15, -0.1) is 0 Å². The van der Waals surface area contributed by atoms with E-state index in [9.17, 15) is 9.59 Å². The van der Waals surface area contributed by atoms with Crippen LogP contribution >= 0.6 is 23.2 Å². The summed E-state index contributed by atoms with van der Waals surface area (Å²) in [5, 5.41) is 0.962. The van der Waals surface area contributed by atoms with Gasteiger partial charge in [0.05, 0.1) is 11.6 Å². The zero-order valence-corrected chi connectivity index (χ0v) is 13.4. The molecule has 0 heterocycles. The smallest absolute Gasteiger partial charge is 0.240 e. The first kappa shape index (κ1) is 17.6. The zero-order chi connectivity index (χ0) is 15.8. The summed E-state index contributed by atoms with van der Waals surface area (Å²) in [6.07, 6.45) is 0.742. The van der Waals surface area contributed by atoms with Crippen LogP contribution in [0.25, 0.3) is 0 Å². The third kappa shape index (κ3) is 6.69. The first-order valence-electron chi connectivity index (χ1n) is 6.56. The minimum atomic E-state index is -0.269. The molecule has 1 rings (SSSR count). The Kier molecular flexibility index (Phi) is 7.32. The van der Waals surface area contributed by atoms with Crippen molar-refractivity contribution in [2.45, 2.75) is 26.7 Å². The highest BCUT2D eigenvalue weighted by atomic mass is 35.5. The summed E-state index contributed by atoms with van der Waals surface area (Å²) in [5.74, 6) is -0.155. The van der Waals surface area contributed by atoms with Gasteiger partial charge in [0.2, 0.25) is 11.8 Å². The van der Waals surface area contributed by atoms with E-state index >= 15 is 0 Å². The zero-order valence-electron chi connectivity index (χ0n) is 11.9. The highest BCUT2D eigenvalue weighted by molar-refractivity contribution is 6.35. The number of carbonyl (C=O) groups excluding carboxylic acids is 2. The van der Waals surface area contributed by atoms with Crippen LogP contribution in [0, 0.1) is 5.92 Å². The Morgan fingerprint density at radius 2 is 1.95 bits per heavy atom. The van der Waals surface area contributed by atoms with Gasteiger partial charge >= 0.3 is 0 Å². The number of hydrazine groups is 1. The van der Waals surface area contributed by atoms with Crippen LogP contribution in [0.2, 0.25) is 10.0 Å². The fourth-order valence-corrected chi connectivity index (χ4v) is 1.81. The molecular formula is C14H18Cl2N2O3. The Bertz CT molecular complexity index is 507. The number of rotatable bonds is 6. The second kappa shape index (κ2) is 8.74. The third-order valence-corrected chi connectivity index (χ3v) is 3.08. The standard InChI is InChI=1S/C14H18Cl2N2O3/c1-9(2)14(20)18-17-13(19)4-3-7-21-12-6-5-10(15)8-11(12)16/h5-6,8-9H,3-4,7H2,1-2H3,(H,17,19)(H,18,20). The Morgan fingerprint density at radius 3 is 2.57 bits per heavy atom. The van der Waals surface area contributed by atoms with Gasteiger partial charge in [0.1, 0.15) is 5.75 Å². The van der Waals surface area contributed by atoms with E-state index in [2.05, 4.69) is 10.9 Å². The van der Waals surface area contributed by atoms with Crippen molar-refractivity contribution in [3.63, 3.8) is 0 Å². The van der Waals surface area contributed by atoms with Crippen molar-refractivity contribution < 1.29 is 14.3 Å². The van der Waals surface area contributed by atoms with Crippen molar-refractivity contribution in [3.8, 4) is 5.75 Å². The summed E-state index contributed by atoms with van der Waals surface area (Å²) in [6, 6.07) is 4.94. The van der Waals surface area contributed by atoms with E-state index in [-0.39, 0.29) is 24.2 Å². The van der Waals surface area contributed by atoms with Crippen LogP contribution in [0.5, 0.6) is 5.75 Å². The number of ether oxygens (including phenoxy) is 1. The predicted octanol–water partition coefficient (Wildman–Crippen LogP) is 2.96. The van der Waals surface area contributed by atoms with E-state index in [0.29, 0.717) is 28.8 Å². The molecule has 7 heteroatoms. The monoisotopic (exact) mass is 332 g/mol. The largest absolute Gasteiger partial charge is 0.492 e. The molecule has 0 radical (unpaired) electrons. The van der Waals surface area contributed by atoms with Crippen molar-refractivity contribution >= 4 is 35.0 Å². The van der Waals surface area contributed by atoms with Gasteiger partial charge < -0.3 is 4.74 Å². The van der Waals surface area contributed by atoms with Crippen molar-refractivity contribution in [2.75, 3.05) is 6.61 Å². The molecule has 0 saturated carbocycles. The van der Waals surface area contributed by atoms with Crippen LogP contribution in [0.3, 0.4) is 0 Å². The van der Waals surface area contributed by atoms with Gasteiger partial charge in [-0.2, -0.15) is 0 Å². The maximum Gasteiger partial charge on any atom is 0.240 e. The van der Waals surface area contributed by atoms with E-state index in [4.69, 9.17) is 27.9 Å². The molecule has 0 aliphatic heterocycles. The lowest BCUT2D eigenvalue weighted by molar-refractivity contribution is -0.130. The van der Waals surface area contributed by atoms with Gasteiger partial charge in [-0.25, -0.2) is 0 Å². The minimum absolute atomic E-state index is 0.180. The Labute approximate surface area is 133 Å². The Morgan fingerprint density at radius 1 is 1.24 bits per heavy atom. The van der Waals surface area contributed by atoms with Crippen LogP contribution < -0.4 is 15.6 Å². The fourth-order valence-electron chi connectivity index (χ4n) is 1.35. The van der Waals surface area contributed by atoms with E-state index in [1.165, 1.54) is 0 Å². The summed E-state index contributed by atoms with van der Waals surface area (Å²) in [4.78, 5) is 22.7. The molecule has 0 aliphatic carbocycles. The molecule has 0 aromatic heterocycles. The molecule has 5 nitrogen and oxygen atoms in total. The lowest BCUT2D eigenvalue weighted by Gasteiger charge is -2.10. The number of benzene rings is 1. The van der Waals surface area contributed by atoms with Crippen LogP contribution in [-0.4, -0.2) is 18.4 Å². The lowest BCUT2D eigenvalue weighted by atomic mass is 10.2. The maximum atomic E-state index is 11.5. The van der Waals surface area contributed by atoms with Crippen molar-refractivity contribution in [1.82, 2.24) is 10.9 Å². The van der Waals surface area contributed by atoms with Gasteiger partial charge in [0.15, 0.2) is 0 Å². The number of halogens is 2. The summed E-state index contributed by atoms with van der Waals surface area (Å²) >= 11 is 11.7. The average Bonchev–Trinajstić information content (AvgIpc) is 2.42. The molecule has 0 fully saturated rings. The Hall–Kier alpha value is -1.46. The topological polar surface area (TPSA) is 67.4 Å². The van der Waals surface area contributed by atoms with Crippen molar-refractivity contribution in [3.05, 3.63) is 28.2 Å². The first-order chi connectivity index (χ1) is 9.90.